The minimum absolute atomic E-state index is 0.0238. The molecule has 1 fully saturated rings. The van der Waals surface area contributed by atoms with Crippen LogP contribution in [0.1, 0.15) is 27.0 Å². The number of morpholine rings is 1. The monoisotopic (exact) mass is 402 g/mol. The Morgan fingerprint density at radius 2 is 1.71 bits per heavy atom. The lowest BCUT2D eigenvalue weighted by Gasteiger charge is -2.27. The van der Waals surface area contributed by atoms with Crippen molar-refractivity contribution < 1.29 is 17.9 Å². The summed E-state index contributed by atoms with van der Waals surface area (Å²) in [6.45, 7) is 6.36. The molecule has 0 saturated carbocycles. The van der Waals surface area contributed by atoms with Gasteiger partial charge in [-0.2, -0.15) is 0 Å². The van der Waals surface area contributed by atoms with Crippen LogP contribution < -0.4 is 4.31 Å². The van der Waals surface area contributed by atoms with Gasteiger partial charge in [-0.15, -0.1) is 0 Å². The Bertz CT molecular complexity index is 949. The van der Waals surface area contributed by atoms with Gasteiger partial charge in [-0.05, 0) is 48.7 Å². The summed E-state index contributed by atoms with van der Waals surface area (Å²) < 4.78 is 31.6. The molecule has 28 heavy (non-hydrogen) atoms. The van der Waals surface area contributed by atoms with Gasteiger partial charge in [0.15, 0.2) is 0 Å². The molecule has 2 aromatic carbocycles. The molecule has 1 aliphatic heterocycles. The fourth-order valence-electron chi connectivity index (χ4n) is 3.24. The second-order valence-electron chi connectivity index (χ2n) is 7.16. The van der Waals surface area contributed by atoms with Crippen LogP contribution in [0.4, 0.5) is 5.69 Å². The van der Waals surface area contributed by atoms with Crippen molar-refractivity contribution in [2.75, 3.05) is 36.9 Å². The molecule has 0 N–H and O–H groups in total. The van der Waals surface area contributed by atoms with Crippen molar-refractivity contribution in [1.29, 1.82) is 0 Å². The molecule has 1 aliphatic rings. The Labute approximate surface area is 166 Å². The summed E-state index contributed by atoms with van der Waals surface area (Å²) >= 11 is 0. The number of sulfonamides is 1. The first-order valence-corrected chi connectivity index (χ1v) is 11.1. The highest BCUT2D eigenvalue weighted by atomic mass is 32.2. The average Bonchev–Trinajstić information content (AvgIpc) is 2.68. The van der Waals surface area contributed by atoms with E-state index in [1.807, 2.05) is 44.2 Å². The fourth-order valence-corrected chi connectivity index (χ4v) is 4.17. The molecule has 0 aromatic heterocycles. The number of rotatable bonds is 5. The molecule has 0 radical (unpaired) electrons. The SMILES string of the molecule is Cc1ccc(C)c(N(Cc2ccc(C(=O)N3CCOCC3)cc2)S(C)(=O)=O)c1. The molecule has 7 heteroatoms. The van der Waals surface area contributed by atoms with Crippen molar-refractivity contribution in [3.05, 3.63) is 64.7 Å². The summed E-state index contributed by atoms with van der Waals surface area (Å²) in [5.74, 6) is -0.0238. The Morgan fingerprint density at radius 1 is 1.07 bits per heavy atom. The number of benzene rings is 2. The lowest BCUT2D eigenvalue weighted by atomic mass is 10.1. The van der Waals surface area contributed by atoms with E-state index in [-0.39, 0.29) is 12.5 Å². The van der Waals surface area contributed by atoms with Gasteiger partial charge in [0, 0.05) is 18.7 Å². The predicted molar refractivity (Wildman–Crippen MR) is 110 cm³/mol. The van der Waals surface area contributed by atoms with Gasteiger partial charge in [-0.25, -0.2) is 8.42 Å². The van der Waals surface area contributed by atoms with Crippen molar-refractivity contribution >= 4 is 21.6 Å². The lowest BCUT2D eigenvalue weighted by molar-refractivity contribution is 0.0303. The minimum Gasteiger partial charge on any atom is -0.378 e. The zero-order valence-corrected chi connectivity index (χ0v) is 17.3. The van der Waals surface area contributed by atoms with Gasteiger partial charge in [-0.3, -0.25) is 9.10 Å². The predicted octanol–water partition coefficient (Wildman–Crippen LogP) is 2.74. The van der Waals surface area contributed by atoms with Crippen molar-refractivity contribution in [1.82, 2.24) is 4.90 Å². The van der Waals surface area contributed by atoms with E-state index < -0.39 is 10.0 Å². The van der Waals surface area contributed by atoms with E-state index in [1.165, 1.54) is 10.6 Å². The van der Waals surface area contributed by atoms with Crippen LogP contribution >= 0.6 is 0 Å². The van der Waals surface area contributed by atoms with Crippen LogP contribution in [0, 0.1) is 13.8 Å². The maximum Gasteiger partial charge on any atom is 0.254 e. The number of carbonyl (C=O) groups excluding carboxylic acids is 1. The second-order valence-corrected chi connectivity index (χ2v) is 9.07. The molecular weight excluding hydrogens is 376 g/mol. The van der Waals surface area contributed by atoms with Crippen molar-refractivity contribution in [3.63, 3.8) is 0 Å². The van der Waals surface area contributed by atoms with E-state index in [1.54, 1.807) is 17.0 Å². The number of anilines is 1. The Balaban J connectivity index is 1.82. The smallest absolute Gasteiger partial charge is 0.254 e. The summed E-state index contributed by atoms with van der Waals surface area (Å²) in [5.41, 5.74) is 4.00. The van der Waals surface area contributed by atoms with Gasteiger partial charge in [0.25, 0.3) is 5.91 Å². The molecule has 1 saturated heterocycles. The number of aryl methyl sites for hydroxylation is 2. The van der Waals surface area contributed by atoms with Crippen LogP contribution in [-0.4, -0.2) is 51.8 Å². The minimum atomic E-state index is -3.45. The van der Waals surface area contributed by atoms with Crippen molar-refractivity contribution in [2.24, 2.45) is 0 Å². The third-order valence-electron chi connectivity index (χ3n) is 4.86. The highest BCUT2D eigenvalue weighted by Gasteiger charge is 2.21. The highest BCUT2D eigenvalue weighted by Crippen LogP contribution is 2.26. The first-order chi connectivity index (χ1) is 13.3. The topological polar surface area (TPSA) is 66.9 Å². The third-order valence-corrected chi connectivity index (χ3v) is 5.99. The first-order valence-electron chi connectivity index (χ1n) is 9.26. The van der Waals surface area contributed by atoms with Crippen LogP contribution in [0.25, 0.3) is 0 Å². The lowest BCUT2D eigenvalue weighted by Crippen LogP contribution is -2.40. The zero-order valence-electron chi connectivity index (χ0n) is 16.5. The molecule has 150 valence electrons. The van der Waals surface area contributed by atoms with Gasteiger partial charge in [0.2, 0.25) is 10.0 Å². The number of hydrogen-bond acceptors (Lipinski definition) is 4. The van der Waals surface area contributed by atoms with E-state index in [0.717, 1.165) is 16.7 Å². The normalized spacial score (nSPS) is 14.8. The number of hydrogen-bond donors (Lipinski definition) is 0. The zero-order chi connectivity index (χ0) is 20.3. The van der Waals surface area contributed by atoms with E-state index >= 15 is 0 Å². The van der Waals surface area contributed by atoms with Crippen LogP contribution in [0.2, 0.25) is 0 Å². The molecule has 0 spiro atoms. The van der Waals surface area contributed by atoms with Crippen molar-refractivity contribution in [2.45, 2.75) is 20.4 Å². The Hall–Kier alpha value is -2.38. The standard InChI is InChI=1S/C21H26N2O4S/c1-16-4-5-17(2)20(14-16)23(28(3,25)26)15-18-6-8-19(9-7-18)21(24)22-10-12-27-13-11-22/h4-9,14H,10-13,15H2,1-3H3. The Kier molecular flexibility index (Phi) is 6.05. The maximum atomic E-state index is 12.6. The molecule has 6 nitrogen and oxygen atoms in total. The quantitative estimate of drug-likeness (QED) is 0.771. The molecule has 1 heterocycles. The van der Waals surface area contributed by atoms with Crippen LogP contribution in [-0.2, 0) is 21.3 Å². The van der Waals surface area contributed by atoms with Gasteiger partial charge < -0.3 is 9.64 Å². The molecule has 0 bridgehead atoms. The average molecular weight is 403 g/mol. The number of carbonyl (C=O) groups is 1. The summed E-state index contributed by atoms with van der Waals surface area (Å²) in [4.78, 5) is 14.3. The van der Waals surface area contributed by atoms with Crippen LogP contribution in [0.15, 0.2) is 42.5 Å². The molecule has 0 unspecified atom stereocenters. The molecule has 0 aliphatic carbocycles. The maximum absolute atomic E-state index is 12.6. The van der Waals surface area contributed by atoms with E-state index in [4.69, 9.17) is 4.74 Å². The number of amides is 1. The van der Waals surface area contributed by atoms with E-state index in [0.29, 0.717) is 37.6 Å². The van der Waals surface area contributed by atoms with Crippen LogP contribution in [0.5, 0.6) is 0 Å². The Morgan fingerprint density at radius 3 is 2.32 bits per heavy atom. The fraction of sp³-hybridized carbons (Fsp3) is 0.381. The largest absolute Gasteiger partial charge is 0.378 e. The first kappa shape index (κ1) is 20.4. The number of ether oxygens (including phenoxy) is 1. The van der Waals surface area contributed by atoms with Gasteiger partial charge in [0.1, 0.15) is 0 Å². The third kappa shape index (κ3) is 4.72. The van der Waals surface area contributed by atoms with Crippen molar-refractivity contribution in [3.8, 4) is 0 Å². The summed E-state index contributed by atoms with van der Waals surface area (Å²) in [5, 5.41) is 0. The molecule has 2 aromatic rings. The van der Waals surface area contributed by atoms with E-state index in [9.17, 15) is 13.2 Å². The van der Waals surface area contributed by atoms with Gasteiger partial charge in [-0.1, -0.05) is 24.3 Å². The molecule has 0 atom stereocenters. The van der Waals surface area contributed by atoms with Gasteiger partial charge in [0.05, 0.1) is 31.7 Å². The summed E-state index contributed by atoms with van der Waals surface area (Å²) in [6, 6.07) is 12.9. The van der Waals surface area contributed by atoms with E-state index in [2.05, 4.69) is 0 Å². The molecule has 1 amide bonds. The summed E-state index contributed by atoms with van der Waals surface area (Å²) in [6.07, 6.45) is 1.21. The number of nitrogens with zero attached hydrogens (tertiary/aromatic N) is 2. The van der Waals surface area contributed by atoms with Gasteiger partial charge >= 0.3 is 0 Å². The highest BCUT2D eigenvalue weighted by molar-refractivity contribution is 7.92. The molecule has 3 rings (SSSR count). The summed E-state index contributed by atoms with van der Waals surface area (Å²) in [7, 11) is -3.45. The van der Waals surface area contributed by atoms with Crippen LogP contribution in [0.3, 0.4) is 0 Å². The molecular formula is C21H26N2O4S. The second kappa shape index (κ2) is 8.32.